The van der Waals surface area contributed by atoms with Crippen molar-refractivity contribution >= 4 is 33.9 Å². The van der Waals surface area contributed by atoms with Gasteiger partial charge in [0.25, 0.3) is 0 Å². The minimum absolute atomic E-state index is 0.0933. The van der Waals surface area contributed by atoms with E-state index >= 15 is 0 Å². The minimum atomic E-state index is -0.846. The van der Waals surface area contributed by atoms with Crippen molar-refractivity contribution in [2.75, 3.05) is 13.7 Å². The second-order valence-corrected chi connectivity index (χ2v) is 7.00. The monoisotopic (exact) mass is 434 g/mol. The molecule has 0 aliphatic rings. The SMILES string of the molecule is CCOC(=O)Oc1ncc2[nH]c3ccc(C(=O)OCc4ccccc4)cc3c2c1COC. The maximum Gasteiger partial charge on any atom is 0.515 e. The van der Waals surface area contributed by atoms with E-state index < -0.39 is 12.1 Å². The molecule has 0 bridgehead atoms. The number of fused-ring (bicyclic) bond motifs is 3. The number of carbonyl (C=O) groups is 2. The van der Waals surface area contributed by atoms with E-state index in [1.54, 1.807) is 31.3 Å². The van der Waals surface area contributed by atoms with Crippen molar-refractivity contribution < 1.29 is 28.5 Å². The molecule has 0 unspecified atom stereocenters. The molecule has 0 aliphatic heterocycles. The molecule has 8 nitrogen and oxygen atoms in total. The number of methoxy groups -OCH3 is 1. The normalized spacial score (nSPS) is 10.9. The van der Waals surface area contributed by atoms with Gasteiger partial charge in [0.05, 0.1) is 36.1 Å². The molecule has 2 heterocycles. The van der Waals surface area contributed by atoms with Crippen LogP contribution >= 0.6 is 0 Å². The van der Waals surface area contributed by atoms with Crippen LogP contribution < -0.4 is 4.74 Å². The largest absolute Gasteiger partial charge is 0.515 e. The quantitative estimate of drug-likeness (QED) is 0.419. The molecular weight excluding hydrogens is 412 g/mol. The Morgan fingerprint density at radius 2 is 1.81 bits per heavy atom. The second-order valence-electron chi connectivity index (χ2n) is 7.00. The molecule has 0 spiro atoms. The lowest BCUT2D eigenvalue weighted by Gasteiger charge is -2.10. The first-order valence-corrected chi connectivity index (χ1v) is 10.1. The molecular formula is C24H22N2O6. The van der Waals surface area contributed by atoms with Crippen molar-refractivity contribution in [2.24, 2.45) is 0 Å². The summed E-state index contributed by atoms with van der Waals surface area (Å²) in [6.07, 6.45) is 0.720. The van der Waals surface area contributed by atoms with Gasteiger partial charge in [-0.05, 0) is 30.7 Å². The molecule has 0 saturated carbocycles. The third-order valence-electron chi connectivity index (χ3n) is 4.88. The van der Waals surface area contributed by atoms with E-state index in [4.69, 9.17) is 18.9 Å². The van der Waals surface area contributed by atoms with Crippen molar-refractivity contribution in [3.63, 3.8) is 0 Å². The van der Waals surface area contributed by atoms with Crippen LogP contribution in [-0.2, 0) is 27.4 Å². The van der Waals surface area contributed by atoms with E-state index in [0.717, 1.165) is 27.4 Å². The van der Waals surface area contributed by atoms with E-state index in [1.807, 2.05) is 30.3 Å². The topological polar surface area (TPSA) is 99.7 Å². The summed E-state index contributed by atoms with van der Waals surface area (Å²) in [5.74, 6) is -0.341. The Morgan fingerprint density at radius 3 is 2.56 bits per heavy atom. The number of aromatic nitrogens is 2. The van der Waals surface area contributed by atoms with Crippen molar-refractivity contribution in [3.05, 3.63) is 71.4 Å². The maximum atomic E-state index is 12.7. The number of nitrogens with zero attached hydrogens (tertiary/aromatic N) is 1. The van der Waals surface area contributed by atoms with Gasteiger partial charge in [-0.3, -0.25) is 0 Å². The molecule has 164 valence electrons. The van der Waals surface area contributed by atoms with Gasteiger partial charge in [-0.1, -0.05) is 30.3 Å². The average molecular weight is 434 g/mol. The number of hydrogen-bond acceptors (Lipinski definition) is 7. The molecule has 2 aromatic heterocycles. The minimum Gasteiger partial charge on any atom is -0.457 e. The predicted octanol–water partition coefficient (Wildman–Crippen LogP) is 4.75. The highest BCUT2D eigenvalue weighted by molar-refractivity contribution is 6.11. The zero-order valence-corrected chi connectivity index (χ0v) is 17.7. The fourth-order valence-corrected chi connectivity index (χ4v) is 3.47. The Kier molecular flexibility index (Phi) is 6.32. The Bertz CT molecular complexity index is 1270. The molecule has 0 amide bonds. The molecule has 4 rings (SSSR count). The van der Waals surface area contributed by atoms with Crippen molar-refractivity contribution in [2.45, 2.75) is 20.1 Å². The van der Waals surface area contributed by atoms with Gasteiger partial charge in [0.1, 0.15) is 6.61 Å². The Labute approximate surface area is 184 Å². The van der Waals surface area contributed by atoms with Gasteiger partial charge in [-0.25, -0.2) is 14.6 Å². The van der Waals surface area contributed by atoms with Crippen molar-refractivity contribution in [1.29, 1.82) is 0 Å². The fourth-order valence-electron chi connectivity index (χ4n) is 3.47. The first kappa shape index (κ1) is 21.3. The highest BCUT2D eigenvalue weighted by Gasteiger charge is 2.19. The van der Waals surface area contributed by atoms with Gasteiger partial charge >= 0.3 is 12.1 Å². The standard InChI is InChI=1S/C24H22N2O6/c1-3-30-24(28)32-22-18(14-29-2)21-17-11-16(9-10-19(17)26-20(21)12-25-22)23(27)31-13-15-7-5-4-6-8-15/h4-12,26H,3,13-14H2,1-2H3. The maximum absolute atomic E-state index is 12.7. The molecule has 0 saturated heterocycles. The summed E-state index contributed by atoms with van der Waals surface area (Å²) in [7, 11) is 1.54. The molecule has 8 heteroatoms. The van der Waals surface area contributed by atoms with E-state index in [1.165, 1.54) is 7.11 Å². The third-order valence-corrected chi connectivity index (χ3v) is 4.88. The molecule has 2 aromatic carbocycles. The van der Waals surface area contributed by atoms with E-state index in [9.17, 15) is 9.59 Å². The van der Waals surface area contributed by atoms with Crippen LogP contribution in [0.4, 0.5) is 4.79 Å². The average Bonchev–Trinajstić information content (AvgIpc) is 3.18. The number of H-pyrrole nitrogens is 1. The molecule has 0 fully saturated rings. The highest BCUT2D eigenvalue weighted by Crippen LogP contribution is 2.33. The van der Waals surface area contributed by atoms with E-state index in [0.29, 0.717) is 11.1 Å². The predicted molar refractivity (Wildman–Crippen MR) is 118 cm³/mol. The number of aromatic amines is 1. The highest BCUT2D eigenvalue weighted by atomic mass is 16.7. The fraction of sp³-hybridized carbons (Fsp3) is 0.208. The first-order valence-electron chi connectivity index (χ1n) is 10.1. The number of benzene rings is 2. The van der Waals surface area contributed by atoms with Crippen molar-refractivity contribution in [3.8, 4) is 5.88 Å². The number of nitrogens with one attached hydrogen (secondary N) is 1. The van der Waals surface area contributed by atoms with Gasteiger partial charge in [-0.2, -0.15) is 0 Å². The lowest BCUT2D eigenvalue weighted by molar-refractivity contribution is 0.0472. The van der Waals surface area contributed by atoms with Crippen molar-refractivity contribution in [1.82, 2.24) is 9.97 Å². The second kappa shape index (κ2) is 9.49. The Balaban J connectivity index is 1.71. The zero-order valence-electron chi connectivity index (χ0n) is 17.7. The van der Waals surface area contributed by atoms with Crippen LogP contribution in [0.5, 0.6) is 5.88 Å². The summed E-state index contributed by atoms with van der Waals surface area (Å²) in [6, 6.07) is 14.7. The Hall–Kier alpha value is -3.91. The number of pyridine rings is 1. The van der Waals surface area contributed by atoms with Crippen LogP contribution in [0.1, 0.15) is 28.4 Å². The zero-order chi connectivity index (χ0) is 22.5. The molecule has 1 N–H and O–H groups in total. The Morgan fingerprint density at radius 1 is 1.00 bits per heavy atom. The smallest absolute Gasteiger partial charge is 0.457 e. The van der Waals surface area contributed by atoms with Crippen LogP contribution in [0.3, 0.4) is 0 Å². The number of esters is 1. The lowest BCUT2D eigenvalue weighted by atomic mass is 10.1. The van der Waals surface area contributed by atoms with Gasteiger partial charge < -0.3 is 23.9 Å². The summed E-state index contributed by atoms with van der Waals surface area (Å²) < 4.78 is 20.9. The molecule has 4 aromatic rings. The van der Waals surface area contributed by atoms with Crippen LogP contribution in [0, 0.1) is 0 Å². The summed E-state index contributed by atoms with van der Waals surface area (Å²) in [4.78, 5) is 32.0. The van der Waals surface area contributed by atoms with Gasteiger partial charge in [0.15, 0.2) is 0 Å². The summed E-state index contributed by atoms with van der Waals surface area (Å²) in [5.41, 5.74) is 3.40. The number of carbonyl (C=O) groups excluding carboxylic acids is 2. The molecule has 0 radical (unpaired) electrons. The third kappa shape index (κ3) is 4.40. The number of hydrogen-bond donors (Lipinski definition) is 1. The van der Waals surface area contributed by atoms with Crippen LogP contribution in [0.15, 0.2) is 54.7 Å². The van der Waals surface area contributed by atoms with Gasteiger partial charge in [0.2, 0.25) is 5.88 Å². The summed E-state index contributed by atoms with van der Waals surface area (Å²) in [5, 5.41) is 1.51. The van der Waals surface area contributed by atoms with Crippen LogP contribution in [0.25, 0.3) is 21.8 Å². The molecule has 0 aliphatic carbocycles. The van der Waals surface area contributed by atoms with Crippen LogP contribution in [0.2, 0.25) is 0 Å². The van der Waals surface area contributed by atoms with Gasteiger partial charge in [0, 0.05) is 23.4 Å². The number of ether oxygens (including phenoxy) is 4. The summed E-state index contributed by atoms with van der Waals surface area (Å²) in [6.45, 7) is 2.20. The lowest BCUT2D eigenvalue weighted by Crippen LogP contribution is -2.12. The van der Waals surface area contributed by atoms with E-state index in [2.05, 4.69) is 9.97 Å². The van der Waals surface area contributed by atoms with Crippen LogP contribution in [-0.4, -0.2) is 35.8 Å². The molecule has 32 heavy (non-hydrogen) atoms. The number of rotatable bonds is 7. The van der Waals surface area contributed by atoms with E-state index in [-0.39, 0.29) is 25.7 Å². The van der Waals surface area contributed by atoms with Gasteiger partial charge in [-0.15, -0.1) is 0 Å². The summed E-state index contributed by atoms with van der Waals surface area (Å²) >= 11 is 0. The molecule has 0 atom stereocenters. The first-order chi connectivity index (χ1) is 15.6.